The Bertz CT molecular complexity index is 1000. The molecule has 2 aromatic carbocycles. The van der Waals surface area contributed by atoms with Crippen molar-refractivity contribution in [2.45, 2.75) is 6.42 Å². The van der Waals surface area contributed by atoms with Crippen LogP contribution in [-0.4, -0.2) is 17.7 Å². The van der Waals surface area contributed by atoms with E-state index in [0.29, 0.717) is 16.9 Å². The van der Waals surface area contributed by atoms with Crippen molar-refractivity contribution in [3.63, 3.8) is 0 Å². The first-order valence-electron chi connectivity index (χ1n) is 9.26. The van der Waals surface area contributed by atoms with Crippen LogP contribution in [-0.2, 0) is 9.59 Å². The molecule has 2 fully saturated rings. The average molecular weight is 484 g/mol. The maximum Gasteiger partial charge on any atom is 0.255 e. The van der Waals surface area contributed by atoms with E-state index in [0.717, 1.165) is 9.99 Å². The summed E-state index contributed by atoms with van der Waals surface area (Å²) in [5.74, 6) is -0.695. The highest BCUT2D eigenvalue weighted by Gasteiger charge is 2.59. The molecule has 0 spiro atoms. The summed E-state index contributed by atoms with van der Waals surface area (Å²) in [6.45, 7) is 0. The van der Waals surface area contributed by atoms with Crippen molar-refractivity contribution in [2.24, 2.45) is 23.7 Å². The van der Waals surface area contributed by atoms with Crippen LogP contribution in [0.1, 0.15) is 16.8 Å². The molecule has 3 aliphatic rings. The van der Waals surface area contributed by atoms with Crippen LogP contribution in [0, 0.1) is 27.2 Å². The fraction of sp³-hybridized carbons (Fsp3) is 0.227. The first-order valence-corrected chi connectivity index (χ1v) is 10.3. The largest absolute Gasteiger partial charge is 0.322 e. The molecule has 28 heavy (non-hydrogen) atoms. The van der Waals surface area contributed by atoms with Crippen LogP contribution in [0.5, 0.6) is 0 Å². The zero-order valence-corrected chi connectivity index (χ0v) is 17.0. The van der Waals surface area contributed by atoms with Crippen LogP contribution in [0.25, 0.3) is 0 Å². The summed E-state index contributed by atoms with van der Waals surface area (Å²) < 4.78 is 1.08. The second kappa shape index (κ2) is 6.55. The van der Waals surface area contributed by atoms with Crippen LogP contribution in [0.4, 0.5) is 11.4 Å². The van der Waals surface area contributed by atoms with Gasteiger partial charge in [-0.15, -0.1) is 0 Å². The minimum absolute atomic E-state index is 0.137. The Morgan fingerprint density at radius 2 is 1.61 bits per heavy atom. The highest BCUT2D eigenvalue weighted by molar-refractivity contribution is 14.1. The molecule has 1 N–H and O–H groups in total. The lowest BCUT2D eigenvalue weighted by Gasteiger charge is -2.18. The zero-order chi connectivity index (χ0) is 19.4. The molecule has 2 bridgehead atoms. The Balaban J connectivity index is 1.40. The van der Waals surface area contributed by atoms with Gasteiger partial charge in [-0.2, -0.15) is 0 Å². The van der Waals surface area contributed by atoms with E-state index in [1.165, 1.54) is 4.90 Å². The molecule has 3 amide bonds. The van der Waals surface area contributed by atoms with Crippen molar-refractivity contribution in [3.05, 3.63) is 69.8 Å². The molecule has 1 saturated carbocycles. The molecule has 5 rings (SSSR count). The topological polar surface area (TPSA) is 66.5 Å². The number of nitrogens with one attached hydrogen (secondary N) is 1. The summed E-state index contributed by atoms with van der Waals surface area (Å²) in [6.07, 6.45) is 5.05. The number of nitrogens with zero attached hydrogens (tertiary/aromatic N) is 1. The number of carbonyl (C=O) groups excluding carboxylic acids is 3. The Kier molecular flexibility index (Phi) is 4.12. The first-order chi connectivity index (χ1) is 13.5. The molecule has 5 nitrogen and oxygen atoms in total. The van der Waals surface area contributed by atoms with E-state index in [1.807, 2.05) is 24.3 Å². The number of anilines is 2. The third-order valence-electron chi connectivity index (χ3n) is 5.94. The second-order valence-corrected chi connectivity index (χ2v) is 8.77. The van der Waals surface area contributed by atoms with Gasteiger partial charge in [0.1, 0.15) is 0 Å². The maximum atomic E-state index is 13.0. The maximum absolute atomic E-state index is 13.0. The number of allylic oxidation sites excluding steroid dienone is 2. The van der Waals surface area contributed by atoms with Crippen LogP contribution in [0.3, 0.4) is 0 Å². The van der Waals surface area contributed by atoms with E-state index in [4.69, 9.17) is 0 Å². The second-order valence-electron chi connectivity index (χ2n) is 7.52. The lowest BCUT2D eigenvalue weighted by atomic mass is 9.85. The van der Waals surface area contributed by atoms with E-state index in [-0.39, 0.29) is 41.4 Å². The fourth-order valence-electron chi connectivity index (χ4n) is 4.68. The number of hydrogen-bond acceptors (Lipinski definition) is 3. The lowest BCUT2D eigenvalue weighted by molar-refractivity contribution is -0.123. The van der Waals surface area contributed by atoms with Crippen LogP contribution >= 0.6 is 22.6 Å². The number of amides is 3. The summed E-state index contributed by atoms with van der Waals surface area (Å²) >= 11 is 2.20. The van der Waals surface area contributed by atoms with E-state index in [1.54, 1.807) is 24.3 Å². The molecule has 2 aliphatic carbocycles. The van der Waals surface area contributed by atoms with E-state index < -0.39 is 0 Å². The quantitative estimate of drug-likeness (QED) is 0.409. The highest BCUT2D eigenvalue weighted by atomic mass is 127. The van der Waals surface area contributed by atoms with Gasteiger partial charge in [0.25, 0.3) is 5.91 Å². The monoisotopic (exact) mass is 484 g/mol. The van der Waals surface area contributed by atoms with Gasteiger partial charge in [0.15, 0.2) is 0 Å². The van der Waals surface area contributed by atoms with Gasteiger partial charge in [-0.3, -0.25) is 14.4 Å². The Labute approximate surface area is 175 Å². The summed E-state index contributed by atoms with van der Waals surface area (Å²) in [5.41, 5.74) is 1.58. The number of rotatable bonds is 3. The molecule has 1 saturated heterocycles. The minimum atomic E-state index is -0.274. The third-order valence-corrected chi connectivity index (χ3v) is 6.66. The van der Waals surface area contributed by atoms with E-state index >= 15 is 0 Å². The Hall–Kier alpha value is -2.48. The summed E-state index contributed by atoms with van der Waals surface area (Å²) in [4.78, 5) is 39.8. The molecule has 4 atom stereocenters. The lowest BCUT2D eigenvalue weighted by Crippen LogP contribution is -2.33. The van der Waals surface area contributed by atoms with Crippen LogP contribution < -0.4 is 10.2 Å². The van der Waals surface area contributed by atoms with E-state index in [2.05, 4.69) is 40.1 Å². The summed E-state index contributed by atoms with van der Waals surface area (Å²) in [6, 6.07) is 14.2. The Morgan fingerprint density at radius 3 is 2.25 bits per heavy atom. The van der Waals surface area contributed by atoms with Gasteiger partial charge >= 0.3 is 0 Å². The summed E-state index contributed by atoms with van der Waals surface area (Å²) in [5, 5.41) is 2.85. The van der Waals surface area contributed by atoms with Crippen molar-refractivity contribution < 1.29 is 14.4 Å². The van der Waals surface area contributed by atoms with Gasteiger partial charge in [0.05, 0.1) is 17.5 Å². The van der Waals surface area contributed by atoms with Crippen LogP contribution in [0.15, 0.2) is 60.7 Å². The third kappa shape index (κ3) is 2.70. The van der Waals surface area contributed by atoms with Crippen molar-refractivity contribution in [1.29, 1.82) is 0 Å². The van der Waals surface area contributed by atoms with E-state index in [9.17, 15) is 14.4 Å². The molecule has 1 aliphatic heterocycles. The number of halogens is 1. The standard InChI is InChI=1S/C22H17IN2O3/c23-15-6-8-16(9-7-15)24-20(26)14-2-1-3-17(11-14)25-21(27)18-12-4-5-13(10-12)19(18)22(25)28/h1-9,11-13,18-19H,10H2,(H,24,26)/t12-,13+,18+,19-. The highest BCUT2D eigenvalue weighted by Crippen LogP contribution is 2.53. The predicted octanol–water partition coefficient (Wildman–Crippen LogP) is 3.86. The van der Waals surface area contributed by atoms with Crippen molar-refractivity contribution in [1.82, 2.24) is 0 Å². The number of imide groups is 1. The molecule has 1 heterocycles. The zero-order valence-electron chi connectivity index (χ0n) is 14.8. The smallest absolute Gasteiger partial charge is 0.255 e. The molecule has 6 heteroatoms. The number of fused-ring (bicyclic) bond motifs is 5. The van der Waals surface area contributed by atoms with Crippen molar-refractivity contribution >= 4 is 51.7 Å². The van der Waals surface area contributed by atoms with Crippen molar-refractivity contribution in [3.8, 4) is 0 Å². The molecule has 140 valence electrons. The van der Waals surface area contributed by atoms with Gasteiger partial charge in [-0.25, -0.2) is 4.90 Å². The molecular formula is C22H17IN2O3. The number of carbonyl (C=O) groups is 3. The fourth-order valence-corrected chi connectivity index (χ4v) is 5.04. The number of benzene rings is 2. The predicted molar refractivity (Wildman–Crippen MR) is 114 cm³/mol. The molecule has 0 aromatic heterocycles. The summed E-state index contributed by atoms with van der Waals surface area (Å²) in [7, 11) is 0. The van der Waals surface area contributed by atoms with Crippen molar-refractivity contribution in [2.75, 3.05) is 10.2 Å². The first kappa shape index (κ1) is 17.6. The molecule has 0 unspecified atom stereocenters. The molecular weight excluding hydrogens is 467 g/mol. The van der Waals surface area contributed by atoms with Gasteiger partial charge in [-0.1, -0.05) is 18.2 Å². The van der Waals surface area contributed by atoms with Gasteiger partial charge in [-0.05, 0) is 83.3 Å². The Morgan fingerprint density at radius 1 is 0.964 bits per heavy atom. The van der Waals surface area contributed by atoms with Crippen LogP contribution in [0.2, 0.25) is 0 Å². The minimum Gasteiger partial charge on any atom is -0.322 e. The molecule has 2 aromatic rings. The van der Waals surface area contributed by atoms with Gasteiger partial charge in [0, 0.05) is 14.8 Å². The SMILES string of the molecule is O=C(Nc1ccc(I)cc1)c1cccc(N2C(=O)[C@@H]3[C@H](C2=O)[C@H]2C=C[C@@H]3C2)c1. The van der Waals surface area contributed by atoms with Gasteiger partial charge in [0.2, 0.25) is 11.8 Å². The number of hydrogen-bond donors (Lipinski definition) is 1. The molecule has 0 radical (unpaired) electrons. The average Bonchev–Trinajstić information content (AvgIpc) is 3.37. The van der Waals surface area contributed by atoms with Gasteiger partial charge < -0.3 is 5.32 Å². The normalized spacial score (nSPS) is 27.4.